The third-order valence-electron chi connectivity index (χ3n) is 6.67. The van der Waals surface area contributed by atoms with E-state index in [4.69, 9.17) is 11.6 Å². The van der Waals surface area contributed by atoms with Gasteiger partial charge in [-0.05, 0) is 63.2 Å². The number of aromatic amines is 1. The van der Waals surface area contributed by atoms with E-state index in [2.05, 4.69) is 48.7 Å². The molecular weight excluding hydrogens is 460 g/mol. The summed E-state index contributed by atoms with van der Waals surface area (Å²) < 4.78 is 1.82. The van der Waals surface area contributed by atoms with Crippen LogP contribution in [0.15, 0.2) is 60.8 Å². The molecule has 35 heavy (non-hydrogen) atoms. The lowest BCUT2D eigenvalue weighted by Gasteiger charge is -2.29. The molecule has 9 heteroatoms. The van der Waals surface area contributed by atoms with E-state index >= 15 is 0 Å². The number of H-pyrrole nitrogens is 1. The standard InChI is InChI=1S/C26H27ClN8/c1-34-11-9-17(10-12-34)15-28-22-14-24(27)33-35-23(16-29-25(22)35)18-7-8-20-21(13-18)32-26(31-20)30-19-5-3-2-4-6-19/h2-8,13-14,16-17,28H,9-12,15H2,1H3,(H2,30,31,32). The fraction of sp³-hybridized carbons (Fsp3) is 0.269. The first-order chi connectivity index (χ1) is 17.1. The third-order valence-corrected chi connectivity index (χ3v) is 6.86. The van der Waals surface area contributed by atoms with E-state index in [1.165, 1.54) is 12.8 Å². The van der Waals surface area contributed by atoms with Crippen LogP contribution in [0.4, 0.5) is 17.3 Å². The zero-order chi connectivity index (χ0) is 23.8. The molecule has 6 rings (SSSR count). The molecule has 0 unspecified atom stereocenters. The van der Waals surface area contributed by atoms with Gasteiger partial charge in [-0.1, -0.05) is 35.9 Å². The van der Waals surface area contributed by atoms with E-state index in [-0.39, 0.29) is 0 Å². The van der Waals surface area contributed by atoms with Crippen molar-refractivity contribution >= 4 is 45.6 Å². The molecular formula is C26H27ClN8. The van der Waals surface area contributed by atoms with Crippen LogP contribution >= 0.6 is 11.6 Å². The summed E-state index contributed by atoms with van der Waals surface area (Å²) in [4.78, 5) is 15.1. The van der Waals surface area contributed by atoms with Gasteiger partial charge in [-0.3, -0.25) is 0 Å². The topological polar surface area (TPSA) is 86.2 Å². The minimum atomic E-state index is 0.430. The summed E-state index contributed by atoms with van der Waals surface area (Å²) in [5.41, 5.74) is 6.33. The number of aromatic nitrogens is 5. The van der Waals surface area contributed by atoms with Gasteiger partial charge in [-0.2, -0.15) is 5.10 Å². The van der Waals surface area contributed by atoms with Gasteiger partial charge in [0.25, 0.3) is 0 Å². The average molecular weight is 487 g/mol. The van der Waals surface area contributed by atoms with Crippen molar-refractivity contribution in [2.45, 2.75) is 12.8 Å². The molecule has 0 bridgehead atoms. The van der Waals surface area contributed by atoms with Gasteiger partial charge in [-0.25, -0.2) is 14.5 Å². The molecule has 8 nitrogen and oxygen atoms in total. The van der Waals surface area contributed by atoms with Crippen LogP contribution in [0.3, 0.4) is 0 Å². The Bertz CT molecular complexity index is 1470. The number of hydrogen-bond acceptors (Lipinski definition) is 6. The summed E-state index contributed by atoms with van der Waals surface area (Å²) in [5.74, 6) is 1.34. The highest BCUT2D eigenvalue weighted by Gasteiger charge is 2.18. The van der Waals surface area contributed by atoms with Crippen LogP contribution in [0.1, 0.15) is 12.8 Å². The normalized spacial score (nSPS) is 15.1. The molecule has 0 aliphatic carbocycles. The average Bonchev–Trinajstić information content (AvgIpc) is 3.47. The molecule has 178 valence electrons. The van der Waals surface area contributed by atoms with Gasteiger partial charge in [0.05, 0.1) is 28.6 Å². The molecule has 0 radical (unpaired) electrons. The smallest absolute Gasteiger partial charge is 0.205 e. The summed E-state index contributed by atoms with van der Waals surface area (Å²) in [7, 11) is 2.18. The number of para-hydroxylation sites is 1. The predicted molar refractivity (Wildman–Crippen MR) is 142 cm³/mol. The van der Waals surface area contributed by atoms with Crippen molar-refractivity contribution in [3.05, 3.63) is 65.9 Å². The Hall–Kier alpha value is -3.62. The van der Waals surface area contributed by atoms with Crippen LogP contribution in [-0.4, -0.2) is 56.1 Å². The summed E-state index contributed by atoms with van der Waals surface area (Å²) in [6.07, 6.45) is 4.24. The number of nitrogens with one attached hydrogen (secondary N) is 3. The molecule has 0 spiro atoms. The lowest BCUT2D eigenvalue weighted by Crippen LogP contribution is -2.33. The van der Waals surface area contributed by atoms with E-state index in [0.717, 1.165) is 58.9 Å². The van der Waals surface area contributed by atoms with Gasteiger partial charge < -0.3 is 20.5 Å². The first kappa shape index (κ1) is 21.9. The Balaban J connectivity index is 1.28. The molecule has 0 atom stereocenters. The Kier molecular flexibility index (Phi) is 5.75. The van der Waals surface area contributed by atoms with Crippen molar-refractivity contribution in [2.24, 2.45) is 5.92 Å². The van der Waals surface area contributed by atoms with E-state index in [1.54, 1.807) is 0 Å². The van der Waals surface area contributed by atoms with Crippen LogP contribution in [0.5, 0.6) is 0 Å². The number of imidazole rings is 2. The van der Waals surface area contributed by atoms with Gasteiger partial charge in [0.2, 0.25) is 5.95 Å². The SMILES string of the molecule is CN1CCC(CNc2cc(Cl)nn3c(-c4ccc5nc(Nc6ccccc6)[nH]c5c4)cnc23)CC1. The first-order valence-electron chi connectivity index (χ1n) is 11.9. The lowest BCUT2D eigenvalue weighted by atomic mass is 9.97. The highest BCUT2D eigenvalue weighted by atomic mass is 35.5. The number of rotatable bonds is 6. The molecule has 1 saturated heterocycles. The second kappa shape index (κ2) is 9.20. The Morgan fingerprint density at radius 1 is 1.09 bits per heavy atom. The number of hydrogen-bond donors (Lipinski definition) is 3. The highest BCUT2D eigenvalue weighted by Crippen LogP contribution is 2.29. The summed E-state index contributed by atoms with van der Waals surface area (Å²) >= 11 is 6.43. The zero-order valence-electron chi connectivity index (χ0n) is 19.5. The van der Waals surface area contributed by atoms with Gasteiger partial charge in [0, 0.05) is 23.9 Å². The number of anilines is 3. The Labute approximate surface area is 208 Å². The number of likely N-dealkylation sites (tertiary alicyclic amines) is 1. The van der Waals surface area contributed by atoms with E-state index in [9.17, 15) is 0 Å². The molecule has 1 aliphatic rings. The maximum Gasteiger partial charge on any atom is 0.205 e. The van der Waals surface area contributed by atoms with Crippen molar-refractivity contribution in [3.63, 3.8) is 0 Å². The molecule has 0 amide bonds. The van der Waals surface area contributed by atoms with Gasteiger partial charge in [0.15, 0.2) is 10.8 Å². The minimum absolute atomic E-state index is 0.430. The predicted octanol–water partition coefficient (Wildman–Crippen LogP) is 5.42. The largest absolute Gasteiger partial charge is 0.382 e. The van der Waals surface area contributed by atoms with Gasteiger partial charge in [0.1, 0.15) is 0 Å². The molecule has 3 aromatic heterocycles. The second-order valence-corrected chi connectivity index (χ2v) is 9.58. The molecule has 1 aliphatic heterocycles. The minimum Gasteiger partial charge on any atom is -0.382 e. The number of halogens is 1. The number of fused-ring (bicyclic) bond motifs is 2. The van der Waals surface area contributed by atoms with Crippen molar-refractivity contribution in [3.8, 4) is 11.3 Å². The Morgan fingerprint density at radius 2 is 1.91 bits per heavy atom. The van der Waals surface area contributed by atoms with Crippen LogP contribution in [-0.2, 0) is 0 Å². The van der Waals surface area contributed by atoms with Gasteiger partial charge in [-0.15, -0.1) is 0 Å². The van der Waals surface area contributed by atoms with Crippen LogP contribution in [0.25, 0.3) is 27.9 Å². The van der Waals surface area contributed by atoms with E-state index < -0.39 is 0 Å². The quantitative estimate of drug-likeness (QED) is 0.297. The molecule has 5 aromatic rings. The van der Waals surface area contributed by atoms with Crippen LogP contribution in [0.2, 0.25) is 5.15 Å². The number of piperidine rings is 1. The zero-order valence-corrected chi connectivity index (χ0v) is 20.3. The monoisotopic (exact) mass is 486 g/mol. The Morgan fingerprint density at radius 3 is 2.74 bits per heavy atom. The number of nitrogens with zero attached hydrogens (tertiary/aromatic N) is 5. The summed E-state index contributed by atoms with van der Waals surface area (Å²) in [6, 6.07) is 17.9. The number of benzene rings is 2. The van der Waals surface area contributed by atoms with Crippen molar-refractivity contribution in [1.82, 2.24) is 29.5 Å². The van der Waals surface area contributed by atoms with E-state index in [1.807, 2.05) is 59.2 Å². The highest BCUT2D eigenvalue weighted by molar-refractivity contribution is 6.29. The molecule has 4 heterocycles. The first-order valence-corrected chi connectivity index (χ1v) is 12.3. The molecule has 3 N–H and O–H groups in total. The van der Waals surface area contributed by atoms with Crippen molar-refractivity contribution in [2.75, 3.05) is 37.3 Å². The van der Waals surface area contributed by atoms with Gasteiger partial charge >= 0.3 is 0 Å². The van der Waals surface area contributed by atoms with Crippen LogP contribution < -0.4 is 10.6 Å². The molecule has 0 saturated carbocycles. The molecule has 1 fully saturated rings. The van der Waals surface area contributed by atoms with Crippen LogP contribution in [0, 0.1) is 5.92 Å². The maximum atomic E-state index is 6.43. The lowest BCUT2D eigenvalue weighted by molar-refractivity contribution is 0.226. The summed E-state index contributed by atoms with van der Waals surface area (Å²) in [5, 5.41) is 11.9. The maximum absolute atomic E-state index is 6.43. The second-order valence-electron chi connectivity index (χ2n) is 9.20. The molecule has 2 aromatic carbocycles. The third kappa shape index (κ3) is 4.54. The fourth-order valence-electron chi connectivity index (χ4n) is 4.67. The fourth-order valence-corrected chi connectivity index (χ4v) is 4.86. The van der Waals surface area contributed by atoms with Crippen molar-refractivity contribution in [1.29, 1.82) is 0 Å². The summed E-state index contributed by atoms with van der Waals surface area (Å²) in [6.45, 7) is 3.19. The van der Waals surface area contributed by atoms with Crippen molar-refractivity contribution < 1.29 is 0 Å². The van der Waals surface area contributed by atoms with E-state index in [0.29, 0.717) is 17.0 Å².